The maximum Gasteiger partial charge on any atom is 0.416 e. The average Bonchev–Trinajstić information content (AvgIpc) is 2.26. The van der Waals surface area contributed by atoms with E-state index in [4.69, 9.17) is 5.73 Å². The van der Waals surface area contributed by atoms with Crippen LogP contribution < -0.4 is 11.1 Å². The predicted octanol–water partition coefficient (Wildman–Crippen LogP) is 3.02. The number of halogens is 3. The van der Waals surface area contributed by atoms with E-state index in [1.807, 2.05) is 0 Å². The topological polar surface area (TPSA) is 55.1 Å². The highest BCUT2D eigenvalue weighted by atomic mass is 19.4. The van der Waals surface area contributed by atoms with Gasteiger partial charge in [0, 0.05) is 5.69 Å². The lowest BCUT2D eigenvalue weighted by Gasteiger charge is -2.25. The second kappa shape index (κ2) is 5.21. The normalized spacial score (nSPS) is 14.1. The molecule has 3 nitrogen and oxygen atoms in total. The number of carbonyl (C=O) groups excluding carboxylic acids is 1. The van der Waals surface area contributed by atoms with Crippen LogP contribution in [0.3, 0.4) is 0 Å². The SMILES string of the molecule is CC(C)(C)[C@H](N)C(=O)Nc1cccc(C(F)(F)F)c1. The molecular formula is C13H17F3N2O. The highest BCUT2D eigenvalue weighted by Crippen LogP contribution is 2.30. The quantitative estimate of drug-likeness (QED) is 0.871. The highest BCUT2D eigenvalue weighted by molar-refractivity contribution is 5.95. The van der Waals surface area contributed by atoms with Gasteiger partial charge < -0.3 is 11.1 Å². The molecule has 0 bridgehead atoms. The van der Waals surface area contributed by atoms with Crippen molar-refractivity contribution in [2.45, 2.75) is 33.0 Å². The molecule has 1 atom stereocenters. The van der Waals surface area contributed by atoms with Gasteiger partial charge >= 0.3 is 6.18 Å². The van der Waals surface area contributed by atoms with E-state index < -0.39 is 29.1 Å². The predicted molar refractivity (Wildman–Crippen MR) is 67.5 cm³/mol. The molecule has 0 aromatic heterocycles. The van der Waals surface area contributed by atoms with Crippen molar-refractivity contribution in [2.24, 2.45) is 11.1 Å². The molecule has 0 fully saturated rings. The largest absolute Gasteiger partial charge is 0.416 e. The first-order valence-corrected chi connectivity index (χ1v) is 5.75. The zero-order valence-electron chi connectivity index (χ0n) is 11.0. The summed E-state index contributed by atoms with van der Waals surface area (Å²) in [6.45, 7) is 5.34. The van der Waals surface area contributed by atoms with E-state index >= 15 is 0 Å². The zero-order valence-corrected chi connectivity index (χ0v) is 11.0. The van der Waals surface area contributed by atoms with Crippen LogP contribution in [0, 0.1) is 5.41 Å². The summed E-state index contributed by atoms with van der Waals surface area (Å²) in [6.07, 6.45) is -4.44. The summed E-state index contributed by atoms with van der Waals surface area (Å²) in [5.74, 6) is -0.508. The second-order valence-corrected chi connectivity index (χ2v) is 5.41. The van der Waals surface area contributed by atoms with Crippen molar-refractivity contribution >= 4 is 11.6 Å². The van der Waals surface area contributed by atoms with Gasteiger partial charge in [0.15, 0.2) is 0 Å². The Kier molecular flexibility index (Phi) is 4.25. The first-order valence-electron chi connectivity index (χ1n) is 5.75. The third kappa shape index (κ3) is 4.24. The molecule has 0 saturated heterocycles. The van der Waals surface area contributed by atoms with Gasteiger partial charge in [-0.15, -0.1) is 0 Å². The molecule has 19 heavy (non-hydrogen) atoms. The third-order valence-corrected chi connectivity index (χ3v) is 2.67. The highest BCUT2D eigenvalue weighted by Gasteiger charge is 2.31. The van der Waals surface area contributed by atoms with E-state index in [2.05, 4.69) is 5.32 Å². The second-order valence-electron chi connectivity index (χ2n) is 5.41. The van der Waals surface area contributed by atoms with E-state index in [9.17, 15) is 18.0 Å². The van der Waals surface area contributed by atoms with Gasteiger partial charge in [-0.3, -0.25) is 4.79 Å². The first-order chi connectivity index (χ1) is 8.51. The number of alkyl halides is 3. The number of hydrogen-bond donors (Lipinski definition) is 2. The Balaban J connectivity index is 2.87. The van der Waals surface area contributed by atoms with Gasteiger partial charge in [-0.25, -0.2) is 0 Å². The number of rotatable bonds is 2. The molecule has 0 heterocycles. The molecule has 1 rings (SSSR count). The van der Waals surface area contributed by atoms with E-state index in [-0.39, 0.29) is 5.69 Å². The Hall–Kier alpha value is -1.56. The summed E-state index contributed by atoms with van der Waals surface area (Å²) in [5.41, 5.74) is 4.54. The van der Waals surface area contributed by atoms with Gasteiger partial charge in [-0.05, 0) is 23.6 Å². The summed E-state index contributed by atoms with van der Waals surface area (Å²) < 4.78 is 37.5. The molecule has 1 aromatic rings. The van der Waals surface area contributed by atoms with Crippen molar-refractivity contribution in [3.8, 4) is 0 Å². The molecule has 0 aliphatic rings. The maximum absolute atomic E-state index is 12.5. The van der Waals surface area contributed by atoms with Gasteiger partial charge in [0.1, 0.15) is 0 Å². The minimum Gasteiger partial charge on any atom is -0.325 e. The van der Waals surface area contributed by atoms with Crippen molar-refractivity contribution in [1.29, 1.82) is 0 Å². The van der Waals surface area contributed by atoms with E-state index in [1.54, 1.807) is 20.8 Å². The fourth-order valence-electron chi connectivity index (χ4n) is 1.39. The van der Waals surface area contributed by atoms with Crippen LogP contribution in [-0.4, -0.2) is 11.9 Å². The molecule has 6 heteroatoms. The number of benzene rings is 1. The number of anilines is 1. The maximum atomic E-state index is 12.5. The molecule has 1 aromatic carbocycles. The summed E-state index contributed by atoms with van der Waals surface area (Å²) >= 11 is 0. The molecular weight excluding hydrogens is 257 g/mol. The molecule has 0 unspecified atom stereocenters. The van der Waals surface area contributed by atoms with Crippen molar-refractivity contribution in [2.75, 3.05) is 5.32 Å². The Morgan fingerprint density at radius 2 is 1.84 bits per heavy atom. The Labute approximate surface area is 110 Å². The fourth-order valence-corrected chi connectivity index (χ4v) is 1.39. The van der Waals surface area contributed by atoms with Gasteiger partial charge in [-0.2, -0.15) is 13.2 Å². The summed E-state index contributed by atoms with van der Waals surface area (Å²) in [7, 11) is 0. The Bertz CT molecular complexity index is 464. The number of amides is 1. The monoisotopic (exact) mass is 274 g/mol. The van der Waals surface area contributed by atoms with Crippen molar-refractivity contribution in [3.05, 3.63) is 29.8 Å². The lowest BCUT2D eigenvalue weighted by atomic mass is 9.87. The van der Waals surface area contributed by atoms with Crippen LogP contribution in [0.15, 0.2) is 24.3 Å². The van der Waals surface area contributed by atoms with Crippen LogP contribution in [0.25, 0.3) is 0 Å². The number of nitrogens with two attached hydrogens (primary N) is 1. The van der Waals surface area contributed by atoms with Crippen molar-refractivity contribution in [1.82, 2.24) is 0 Å². The minimum absolute atomic E-state index is 0.0829. The van der Waals surface area contributed by atoms with Crippen LogP contribution in [0.2, 0.25) is 0 Å². The van der Waals surface area contributed by atoms with Gasteiger partial charge in [-0.1, -0.05) is 26.8 Å². The molecule has 0 radical (unpaired) electrons. The summed E-state index contributed by atoms with van der Waals surface area (Å²) in [4.78, 5) is 11.8. The van der Waals surface area contributed by atoms with Crippen molar-refractivity contribution < 1.29 is 18.0 Å². The van der Waals surface area contributed by atoms with Crippen molar-refractivity contribution in [3.63, 3.8) is 0 Å². The summed E-state index contributed by atoms with van der Waals surface area (Å²) in [5, 5.41) is 2.40. The Morgan fingerprint density at radius 1 is 1.26 bits per heavy atom. The lowest BCUT2D eigenvalue weighted by molar-refractivity contribution is -0.137. The van der Waals surface area contributed by atoms with Crippen LogP contribution in [0.4, 0.5) is 18.9 Å². The smallest absolute Gasteiger partial charge is 0.325 e. The number of hydrogen-bond acceptors (Lipinski definition) is 2. The van der Waals surface area contributed by atoms with Crippen LogP contribution in [0.5, 0.6) is 0 Å². The zero-order chi connectivity index (χ0) is 14.8. The van der Waals surface area contributed by atoms with E-state index in [1.165, 1.54) is 12.1 Å². The Morgan fingerprint density at radius 3 is 2.32 bits per heavy atom. The molecule has 0 aliphatic heterocycles. The number of carbonyl (C=O) groups is 1. The van der Waals surface area contributed by atoms with Gasteiger partial charge in [0.25, 0.3) is 0 Å². The first kappa shape index (κ1) is 15.5. The molecule has 0 aliphatic carbocycles. The molecule has 1 amide bonds. The third-order valence-electron chi connectivity index (χ3n) is 2.67. The molecule has 0 spiro atoms. The average molecular weight is 274 g/mol. The van der Waals surface area contributed by atoms with E-state index in [0.29, 0.717) is 0 Å². The molecule has 3 N–H and O–H groups in total. The van der Waals surface area contributed by atoms with Crippen LogP contribution >= 0.6 is 0 Å². The number of nitrogens with one attached hydrogen (secondary N) is 1. The standard InChI is InChI=1S/C13H17F3N2O/c1-12(2,3)10(17)11(19)18-9-6-4-5-8(7-9)13(14,15)16/h4-7,10H,17H2,1-3H3,(H,18,19)/t10-/m1/s1. The van der Waals surface area contributed by atoms with Gasteiger partial charge in [0.2, 0.25) is 5.91 Å². The van der Waals surface area contributed by atoms with Crippen LogP contribution in [0.1, 0.15) is 26.3 Å². The molecule has 106 valence electrons. The van der Waals surface area contributed by atoms with Crippen LogP contribution in [-0.2, 0) is 11.0 Å². The lowest BCUT2D eigenvalue weighted by Crippen LogP contribution is -2.45. The fraction of sp³-hybridized carbons (Fsp3) is 0.462. The minimum atomic E-state index is -4.44. The summed E-state index contributed by atoms with van der Waals surface area (Å²) in [6, 6.07) is 3.65. The van der Waals surface area contributed by atoms with E-state index in [0.717, 1.165) is 12.1 Å². The molecule has 0 saturated carbocycles. The van der Waals surface area contributed by atoms with Gasteiger partial charge in [0.05, 0.1) is 11.6 Å².